The maximum atomic E-state index is 5.79. The lowest BCUT2D eigenvalue weighted by Crippen LogP contribution is -2.33. The van der Waals surface area contributed by atoms with Crippen molar-refractivity contribution in [3.8, 4) is 0 Å². The van der Waals surface area contributed by atoms with E-state index in [1.807, 2.05) is 0 Å². The first kappa shape index (κ1) is 15.3. The third-order valence-corrected chi connectivity index (χ3v) is 4.27. The predicted molar refractivity (Wildman–Crippen MR) is 80.6 cm³/mol. The zero-order valence-corrected chi connectivity index (χ0v) is 12.7. The first-order valence-electron chi connectivity index (χ1n) is 8.38. The fourth-order valence-electron chi connectivity index (χ4n) is 2.84. The molecular weight excluding hydrogens is 236 g/mol. The number of ether oxygens (including phenoxy) is 1. The van der Waals surface area contributed by atoms with Crippen LogP contribution in [0.4, 0.5) is 0 Å². The van der Waals surface area contributed by atoms with E-state index in [0.717, 1.165) is 19.2 Å². The molecule has 0 aromatic carbocycles. The Morgan fingerprint density at radius 1 is 1.05 bits per heavy atom. The van der Waals surface area contributed by atoms with Crippen LogP contribution in [0.3, 0.4) is 0 Å². The van der Waals surface area contributed by atoms with Gasteiger partial charge in [-0.2, -0.15) is 0 Å². The lowest BCUT2D eigenvalue weighted by Gasteiger charge is -2.27. The van der Waals surface area contributed by atoms with Gasteiger partial charge >= 0.3 is 0 Å². The largest absolute Gasteiger partial charge is 0.377 e. The highest BCUT2D eigenvalue weighted by Gasteiger charge is 2.19. The van der Waals surface area contributed by atoms with Gasteiger partial charge in [-0.25, -0.2) is 0 Å². The van der Waals surface area contributed by atoms with E-state index in [1.54, 1.807) is 0 Å². The van der Waals surface area contributed by atoms with Crippen molar-refractivity contribution in [3.63, 3.8) is 0 Å². The molecule has 112 valence electrons. The van der Waals surface area contributed by atoms with E-state index in [0.29, 0.717) is 6.10 Å². The molecule has 1 aliphatic carbocycles. The first-order valence-corrected chi connectivity index (χ1v) is 8.38. The van der Waals surface area contributed by atoms with Crippen molar-refractivity contribution in [2.24, 2.45) is 0 Å². The maximum Gasteiger partial charge on any atom is 0.0701 e. The van der Waals surface area contributed by atoms with Crippen molar-refractivity contribution in [2.45, 2.75) is 69.9 Å². The Bertz CT molecular complexity index is 225. The number of hydrogen-bond acceptors (Lipinski definition) is 3. The van der Waals surface area contributed by atoms with E-state index < -0.39 is 0 Å². The molecular formula is C16H32N2O. The molecule has 0 radical (unpaired) electrons. The van der Waals surface area contributed by atoms with Crippen LogP contribution in [0.1, 0.15) is 57.8 Å². The van der Waals surface area contributed by atoms with Gasteiger partial charge in [0.2, 0.25) is 0 Å². The Kier molecular flexibility index (Phi) is 7.18. The second kappa shape index (κ2) is 8.93. The number of likely N-dealkylation sites (N-methyl/N-ethyl adjacent to an activating group) is 1. The lowest BCUT2D eigenvalue weighted by atomic mass is 10.1. The molecule has 0 amide bonds. The highest BCUT2D eigenvalue weighted by molar-refractivity contribution is 4.80. The van der Waals surface area contributed by atoms with Crippen molar-refractivity contribution in [1.29, 1.82) is 0 Å². The normalized spacial score (nSPS) is 24.0. The smallest absolute Gasteiger partial charge is 0.0701 e. The molecule has 1 heterocycles. The van der Waals surface area contributed by atoms with E-state index in [4.69, 9.17) is 4.74 Å². The van der Waals surface area contributed by atoms with E-state index in [9.17, 15) is 0 Å². The fraction of sp³-hybridized carbons (Fsp3) is 1.00. The summed E-state index contributed by atoms with van der Waals surface area (Å²) in [4.78, 5) is 2.46. The Balaban J connectivity index is 1.36. The molecule has 2 rings (SSSR count). The fourth-order valence-corrected chi connectivity index (χ4v) is 2.84. The molecule has 1 N–H and O–H groups in total. The number of nitrogens with one attached hydrogen (secondary N) is 1. The molecule has 1 aliphatic heterocycles. The first-order chi connectivity index (χ1) is 9.34. The topological polar surface area (TPSA) is 24.5 Å². The van der Waals surface area contributed by atoms with E-state index in [-0.39, 0.29) is 0 Å². The molecule has 2 aliphatic rings. The van der Waals surface area contributed by atoms with Crippen molar-refractivity contribution < 1.29 is 4.74 Å². The van der Waals surface area contributed by atoms with Gasteiger partial charge in [-0.1, -0.05) is 12.8 Å². The Labute approximate surface area is 119 Å². The average molecular weight is 268 g/mol. The summed E-state index contributed by atoms with van der Waals surface area (Å²) >= 11 is 0. The molecule has 19 heavy (non-hydrogen) atoms. The third kappa shape index (κ3) is 7.28. The molecule has 2 fully saturated rings. The second-order valence-electron chi connectivity index (χ2n) is 6.39. The summed E-state index contributed by atoms with van der Waals surface area (Å²) in [5.41, 5.74) is 0. The monoisotopic (exact) mass is 268 g/mol. The quantitative estimate of drug-likeness (QED) is 0.617. The van der Waals surface area contributed by atoms with Crippen LogP contribution >= 0.6 is 0 Å². The zero-order chi connectivity index (χ0) is 13.3. The molecule has 1 atom stereocenters. The minimum Gasteiger partial charge on any atom is -0.377 e. The van der Waals surface area contributed by atoms with Gasteiger partial charge < -0.3 is 15.0 Å². The van der Waals surface area contributed by atoms with Crippen LogP contribution in [0.15, 0.2) is 0 Å². The van der Waals surface area contributed by atoms with Gasteiger partial charge in [0.05, 0.1) is 6.10 Å². The van der Waals surface area contributed by atoms with E-state index in [2.05, 4.69) is 17.3 Å². The highest BCUT2D eigenvalue weighted by atomic mass is 16.5. The third-order valence-electron chi connectivity index (χ3n) is 4.27. The minimum atomic E-state index is 0.501. The summed E-state index contributed by atoms with van der Waals surface area (Å²) < 4.78 is 5.79. The molecule has 0 aromatic heterocycles. The average Bonchev–Trinajstić information content (AvgIpc) is 3.23. The van der Waals surface area contributed by atoms with Crippen LogP contribution < -0.4 is 5.32 Å². The summed E-state index contributed by atoms with van der Waals surface area (Å²) in [5, 5.41) is 3.58. The summed E-state index contributed by atoms with van der Waals surface area (Å²) in [5.74, 6) is 0. The SMILES string of the molecule is CN(CCCCCCNC1CC1)CC1CCCCO1. The standard InChI is InChI=1S/C16H32N2O/c1-18(14-16-8-4-7-13-19-16)12-6-3-2-5-11-17-15-9-10-15/h15-17H,2-14H2,1H3. The second-order valence-corrected chi connectivity index (χ2v) is 6.39. The Morgan fingerprint density at radius 3 is 2.63 bits per heavy atom. The van der Waals surface area contributed by atoms with Gasteiger partial charge in [-0.3, -0.25) is 0 Å². The van der Waals surface area contributed by atoms with Crippen molar-refractivity contribution in [2.75, 3.05) is 33.3 Å². The van der Waals surface area contributed by atoms with Gasteiger partial charge in [0.1, 0.15) is 0 Å². The molecule has 0 spiro atoms. The van der Waals surface area contributed by atoms with Crippen LogP contribution in [0.2, 0.25) is 0 Å². The number of hydrogen-bond donors (Lipinski definition) is 1. The van der Waals surface area contributed by atoms with Gasteiger partial charge in [-0.05, 0) is 65.1 Å². The summed E-state index contributed by atoms with van der Waals surface area (Å²) in [6, 6.07) is 0.877. The number of rotatable bonds is 10. The summed E-state index contributed by atoms with van der Waals surface area (Å²) in [7, 11) is 2.24. The Hall–Kier alpha value is -0.120. The van der Waals surface area contributed by atoms with Crippen LogP contribution in [0.5, 0.6) is 0 Å². The van der Waals surface area contributed by atoms with E-state index >= 15 is 0 Å². The highest BCUT2D eigenvalue weighted by Crippen LogP contribution is 2.18. The minimum absolute atomic E-state index is 0.501. The molecule has 3 heteroatoms. The van der Waals surface area contributed by atoms with Crippen molar-refractivity contribution in [3.05, 3.63) is 0 Å². The zero-order valence-electron chi connectivity index (χ0n) is 12.7. The number of nitrogens with zero attached hydrogens (tertiary/aromatic N) is 1. The van der Waals surface area contributed by atoms with Crippen LogP contribution in [0, 0.1) is 0 Å². The molecule has 0 bridgehead atoms. The molecule has 1 saturated heterocycles. The van der Waals surface area contributed by atoms with E-state index in [1.165, 1.54) is 70.9 Å². The summed E-state index contributed by atoms with van der Waals surface area (Å²) in [6.45, 7) is 4.57. The lowest BCUT2D eigenvalue weighted by molar-refractivity contribution is -0.00160. The Morgan fingerprint density at radius 2 is 1.89 bits per heavy atom. The summed E-state index contributed by atoms with van der Waals surface area (Å²) in [6.07, 6.45) is 12.6. The van der Waals surface area contributed by atoms with Crippen molar-refractivity contribution >= 4 is 0 Å². The van der Waals surface area contributed by atoms with Crippen LogP contribution in [-0.4, -0.2) is 50.3 Å². The van der Waals surface area contributed by atoms with Crippen LogP contribution in [0.25, 0.3) is 0 Å². The molecule has 1 unspecified atom stereocenters. The maximum absolute atomic E-state index is 5.79. The van der Waals surface area contributed by atoms with Gasteiger partial charge in [0.15, 0.2) is 0 Å². The number of unbranched alkanes of at least 4 members (excludes halogenated alkanes) is 3. The van der Waals surface area contributed by atoms with Crippen molar-refractivity contribution in [1.82, 2.24) is 10.2 Å². The van der Waals surface area contributed by atoms with Crippen LogP contribution in [-0.2, 0) is 4.74 Å². The predicted octanol–water partition coefficient (Wildman–Crippen LogP) is 2.80. The molecule has 1 saturated carbocycles. The van der Waals surface area contributed by atoms with Gasteiger partial charge in [-0.15, -0.1) is 0 Å². The molecule has 0 aromatic rings. The molecule has 3 nitrogen and oxygen atoms in total. The van der Waals surface area contributed by atoms with Gasteiger partial charge in [0, 0.05) is 19.2 Å². The van der Waals surface area contributed by atoms with Gasteiger partial charge in [0.25, 0.3) is 0 Å².